The number of hydrogen-bond donors (Lipinski definition) is 2. The van der Waals surface area contributed by atoms with Gasteiger partial charge in [-0.2, -0.15) is 0 Å². The Hall–Kier alpha value is -2.00. The summed E-state index contributed by atoms with van der Waals surface area (Å²) < 4.78 is 23.7. The number of anilines is 1. The normalized spacial score (nSPS) is 12.4. The number of hydrogen-bond acceptors (Lipinski definition) is 4. The lowest BCUT2D eigenvalue weighted by Crippen LogP contribution is -2.28. The molecule has 1 aromatic carbocycles. The summed E-state index contributed by atoms with van der Waals surface area (Å²) in [6, 6.07) is 5.10. The summed E-state index contributed by atoms with van der Waals surface area (Å²) >= 11 is 0. The molecule has 1 rings (SSSR count). The van der Waals surface area contributed by atoms with Crippen LogP contribution in [0.2, 0.25) is 0 Å². The van der Waals surface area contributed by atoms with Crippen molar-refractivity contribution in [1.82, 2.24) is 0 Å². The Balaban J connectivity index is 2.87. The molecule has 0 bridgehead atoms. The number of carboxylic acids is 1. The van der Waals surface area contributed by atoms with E-state index in [2.05, 4.69) is 11.2 Å². The lowest BCUT2D eigenvalue weighted by Gasteiger charge is -2.13. The summed E-state index contributed by atoms with van der Waals surface area (Å²) in [5.41, 5.74) is 0.517. The van der Waals surface area contributed by atoms with E-state index in [-0.39, 0.29) is 17.1 Å². The molecule has 6 heteroatoms. The predicted octanol–water partition coefficient (Wildman–Crippen LogP) is 1.76. The zero-order valence-corrected chi connectivity index (χ0v) is 12.0. The molecule has 5 nitrogen and oxygen atoms in total. The van der Waals surface area contributed by atoms with Crippen LogP contribution in [0, 0.1) is 12.3 Å². The fraction of sp³-hybridized carbons (Fsp3) is 0.357. The van der Waals surface area contributed by atoms with Gasteiger partial charge in [0.05, 0.1) is 10.6 Å². The van der Waals surface area contributed by atoms with Gasteiger partial charge in [0.15, 0.2) is 9.84 Å². The summed E-state index contributed by atoms with van der Waals surface area (Å²) in [6.07, 6.45) is 5.70. The van der Waals surface area contributed by atoms with Crippen molar-refractivity contribution in [3.63, 3.8) is 0 Å². The summed E-state index contributed by atoms with van der Waals surface area (Å²) in [5, 5.41) is 11.7. The van der Waals surface area contributed by atoms with Crippen LogP contribution in [-0.4, -0.2) is 31.3 Å². The quantitative estimate of drug-likeness (QED) is 0.749. The third kappa shape index (κ3) is 4.28. The average Bonchev–Trinajstić information content (AvgIpc) is 2.38. The zero-order chi connectivity index (χ0) is 15.2. The Morgan fingerprint density at radius 3 is 2.45 bits per heavy atom. The molecule has 0 amide bonds. The van der Waals surface area contributed by atoms with Gasteiger partial charge in [-0.1, -0.05) is 6.92 Å². The third-order valence-corrected chi connectivity index (χ3v) is 4.58. The maximum absolute atomic E-state index is 11.8. The number of benzene rings is 1. The summed E-state index contributed by atoms with van der Waals surface area (Å²) in [4.78, 5) is 11.2. The lowest BCUT2D eigenvalue weighted by atomic mass is 10.2. The minimum absolute atomic E-state index is 0.0468. The number of rotatable bonds is 7. The highest BCUT2D eigenvalue weighted by Gasteiger charge is 2.17. The minimum Gasteiger partial charge on any atom is -0.480 e. The second-order valence-electron chi connectivity index (χ2n) is 4.29. The van der Waals surface area contributed by atoms with Crippen molar-refractivity contribution in [2.75, 3.05) is 11.1 Å². The maximum atomic E-state index is 11.8. The van der Waals surface area contributed by atoms with Gasteiger partial charge in [-0.05, 0) is 30.7 Å². The highest BCUT2D eigenvalue weighted by molar-refractivity contribution is 7.91. The second kappa shape index (κ2) is 6.96. The molecule has 0 radical (unpaired) electrons. The molecule has 2 N–H and O–H groups in total. The molecule has 1 aromatic rings. The maximum Gasteiger partial charge on any atom is 0.327 e. The van der Waals surface area contributed by atoms with Crippen LogP contribution in [0.3, 0.4) is 0 Å². The minimum atomic E-state index is -3.26. The van der Waals surface area contributed by atoms with Gasteiger partial charge >= 0.3 is 5.97 Å². The lowest BCUT2D eigenvalue weighted by molar-refractivity contribution is -0.137. The smallest absolute Gasteiger partial charge is 0.327 e. The van der Waals surface area contributed by atoms with Crippen LogP contribution in [0.15, 0.2) is 29.2 Å². The number of carboxylic acid groups (broad SMARTS) is 1. The van der Waals surface area contributed by atoms with Crippen molar-refractivity contribution in [2.24, 2.45) is 0 Å². The molecule has 0 saturated heterocycles. The first kappa shape index (κ1) is 16.1. The first-order valence-electron chi connectivity index (χ1n) is 6.16. The molecule has 0 aromatic heterocycles. The van der Waals surface area contributed by atoms with E-state index in [1.165, 1.54) is 24.3 Å². The number of aliphatic carboxylic acids is 1. The van der Waals surface area contributed by atoms with Crippen molar-refractivity contribution in [3.05, 3.63) is 24.3 Å². The molecule has 20 heavy (non-hydrogen) atoms. The van der Waals surface area contributed by atoms with Crippen LogP contribution < -0.4 is 5.32 Å². The second-order valence-corrected chi connectivity index (χ2v) is 6.40. The van der Waals surface area contributed by atoms with Crippen LogP contribution in [-0.2, 0) is 14.6 Å². The van der Waals surface area contributed by atoms with Crippen LogP contribution in [0.4, 0.5) is 5.69 Å². The van der Waals surface area contributed by atoms with Gasteiger partial charge in [0.2, 0.25) is 0 Å². The van der Waals surface area contributed by atoms with Gasteiger partial charge < -0.3 is 10.4 Å². The van der Waals surface area contributed by atoms with Crippen molar-refractivity contribution in [2.45, 2.75) is 30.7 Å². The highest BCUT2D eigenvalue weighted by atomic mass is 32.2. The highest BCUT2D eigenvalue weighted by Crippen LogP contribution is 2.17. The summed E-state index contributed by atoms with van der Waals surface area (Å²) in [7, 11) is -3.26. The summed E-state index contributed by atoms with van der Waals surface area (Å²) in [6.45, 7) is 1.80. The Morgan fingerprint density at radius 2 is 2.00 bits per heavy atom. The molecule has 0 saturated carbocycles. The van der Waals surface area contributed by atoms with Crippen molar-refractivity contribution in [1.29, 1.82) is 0 Å². The van der Waals surface area contributed by atoms with Crippen molar-refractivity contribution < 1.29 is 18.3 Å². The monoisotopic (exact) mass is 295 g/mol. The van der Waals surface area contributed by atoms with Gasteiger partial charge in [-0.3, -0.25) is 0 Å². The van der Waals surface area contributed by atoms with E-state index in [1.54, 1.807) is 6.92 Å². The van der Waals surface area contributed by atoms with Crippen LogP contribution in [0.5, 0.6) is 0 Å². The van der Waals surface area contributed by atoms with Crippen LogP contribution in [0.1, 0.15) is 19.8 Å². The predicted molar refractivity (Wildman–Crippen MR) is 77.3 cm³/mol. The van der Waals surface area contributed by atoms with Crippen molar-refractivity contribution >= 4 is 21.5 Å². The molecule has 108 valence electrons. The fourth-order valence-corrected chi connectivity index (χ4v) is 2.99. The number of terminal acetylenes is 1. The zero-order valence-electron chi connectivity index (χ0n) is 11.2. The molecule has 0 fully saturated rings. The van der Waals surface area contributed by atoms with E-state index < -0.39 is 21.8 Å². The number of carbonyl (C=O) groups is 1. The third-order valence-electron chi connectivity index (χ3n) is 2.65. The molecule has 0 aliphatic rings. The number of nitrogens with one attached hydrogen (secondary N) is 1. The SMILES string of the molecule is C#CCC(Nc1ccc(S(=O)(=O)CCC)cc1)C(=O)O. The Morgan fingerprint density at radius 1 is 1.40 bits per heavy atom. The van der Waals surface area contributed by atoms with Gasteiger partial charge in [-0.25, -0.2) is 13.2 Å². The van der Waals surface area contributed by atoms with Crippen molar-refractivity contribution in [3.8, 4) is 12.3 Å². The molecule has 1 unspecified atom stereocenters. The molecule has 0 aliphatic carbocycles. The van der Waals surface area contributed by atoms with Crippen LogP contribution >= 0.6 is 0 Å². The first-order chi connectivity index (χ1) is 9.40. The largest absolute Gasteiger partial charge is 0.480 e. The molecule has 1 atom stereocenters. The van der Waals surface area contributed by atoms with Crippen LogP contribution in [0.25, 0.3) is 0 Å². The number of sulfone groups is 1. The van der Waals surface area contributed by atoms with Gasteiger partial charge in [0.1, 0.15) is 6.04 Å². The standard InChI is InChI=1S/C14H17NO4S/c1-3-5-13(14(16)17)15-11-6-8-12(9-7-11)20(18,19)10-4-2/h1,6-9,13,15H,4-5,10H2,2H3,(H,16,17). The Bertz CT molecular complexity index is 599. The van der Waals surface area contributed by atoms with E-state index in [1.807, 2.05) is 0 Å². The first-order valence-corrected chi connectivity index (χ1v) is 7.81. The van der Waals surface area contributed by atoms with Gasteiger partial charge in [0, 0.05) is 12.1 Å². The Labute approximate surface area is 118 Å². The molecule has 0 heterocycles. The summed E-state index contributed by atoms with van der Waals surface area (Å²) in [5.74, 6) is 1.32. The fourth-order valence-electron chi connectivity index (χ4n) is 1.66. The topological polar surface area (TPSA) is 83.5 Å². The molecular weight excluding hydrogens is 278 g/mol. The van der Waals surface area contributed by atoms with E-state index in [9.17, 15) is 13.2 Å². The van der Waals surface area contributed by atoms with Gasteiger partial charge in [-0.15, -0.1) is 12.3 Å². The Kier molecular flexibility index (Phi) is 5.59. The average molecular weight is 295 g/mol. The van der Waals surface area contributed by atoms with Gasteiger partial charge in [0.25, 0.3) is 0 Å². The van der Waals surface area contributed by atoms with E-state index in [0.717, 1.165) is 0 Å². The molecule has 0 aliphatic heterocycles. The van der Waals surface area contributed by atoms with E-state index in [0.29, 0.717) is 12.1 Å². The molecular formula is C14H17NO4S. The van der Waals surface area contributed by atoms with E-state index in [4.69, 9.17) is 11.5 Å². The molecule has 0 spiro atoms. The van der Waals surface area contributed by atoms with E-state index >= 15 is 0 Å².